The van der Waals surface area contributed by atoms with Gasteiger partial charge in [-0.2, -0.15) is 0 Å². The summed E-state index contributed by atoms with van der Waals surface area (Å²) in [5.41, 5.74) is 3.42. The second-order valence-electron chi connectivity index (χ2n) is 3.15. The van der Waals surface area contributed by atoms with Gasteiger partial charge in [-0.3, -0.25) is 9.63 Å². The minimum atomic E-state index is -0.111. The van der Waals surface area contributed by atoms with Crippen LogP contribution in [0.3, 0.4) is 0 Å². The molecule has 1 aromatic carbocycles. The molecule has 0 atom stereocenters. The smallest absolute Gasteiger partial charge is 0.244 e. The van der Waals surface area contributed by atoms with E-state index in [-0.39, 0.29) is 5.91 Å². The Bertz CT molecular complexity index is 288. The second kappa shape index (κ2) is 6.98. The van der Waals surface area contributed by atoms with Gasteiger partial charge in [0.1, 0.15) is 0 Å². The molecule has 0 saturated heterocycles. The van der Waals surface area contributed by atoms with Crippen LogP contribution in [0.25, 0.3) is 0 Å². The van der Waals surface area contributed by atoms with Crippen LogP contribution in [0.2, 0.25) is 0 Å². The lowest BCUT2D eigenvalue weighted by Crippen LogP contribution is -2.26. The molecule has 1 aromatic rings. The molecule has 0 aliphatic rings. The van der Waals surface area contributed by atoms with Gasteiger partial charge in [-0.25, -0.2) is 5.48 Å². The first-order chi connectivity index (χ1) is 7.33. The third kappa shape index (κ3) is 5.15. The van der Waals surface area contributed by atoms with E-state index in [9.17, 15) is 4.79 Å². The lowest BCUT2D eigenvalue weighted by molar-refractivity contribution is -0.134. The summed E-state index contributed by atoms with van der Waals surface area (Å²) in [5, 5.41) is 2.89. The molecule has 1 amide bonds. The van der Waals surface area contributed by atoms with Crippen LogP contribution in [-0.4, -0.2) is 19.5 Å². The highest BCUT2D eigenvalue weighted by atomic mass is 16.6. The van der Waals surface area contributed by atoms with Crippen molar-refractivity contribution in [3.8, 4) is 0 Å². The average molecular weight is 208 g/mol. The van der Waals surface area contributed by atoms with Crippen molar-refractivity contribution in [2.24, 2.45) is 0 Å². The molecule has 15 heavy (non-hydrogen) atoms. The van der Waals surface area contributed by atoms with E-state index in [1.54, 1.807) is 7.05 Å². The van der Waals surface area contributed by atoms with Crippen molar-refractivity contribution in [3.05, 3.63) is 35.9 Å². The second-order valence-corrected chi connectivity index (χ2v) is 3.15. The monoisotopic (exact) mass is 208 g/mol. The zero-order valence-electron chi connectivity index (χ0n) is 8.82. The van der Waals surface area contributed by atoms with Crippen LogP contribution in [-0.2, 0) is 16.2 Å². The molecule has 2 N–H and O–H groups in total. The third-order valence-corrected chi connectivity index (χ3v) is 1.87. The summed E-state index contributed by atoms with van der Waals surface area (Å²) in [6.07, 6.45) is 0.422. The first kappa shape index (κ1) is 11.7. The van der Waals surface area contributed by atoms with Crippen molar-refractivity contribution in [1.82, 2.24) is 10.8 Å². The molecule has 82 valence electrons. The number of hydrogen-bond acceptors (Lipinski definition) is 3. The van der Waals surface area contributed by atoms with Crippen molar-refractivity contribution in [2.75, 3.05) is 13.6 Å². The van der Waals surface area contributed by atoms with Gasteiger partial charge in [-0.1, -0.05) is 30.3 Å². The molecule has 4 nitrogen and oxygen atoms in total. The molecule has 0 aliphatic heterocycles. The normalized spacial score (nSPS) is 9.93. The number of benzene rings is 1. The molecule has 0 radical (unpaired) electrons. The Kier molecular flexibility index (Phi) is 5.43. The Morgan fingerprint density at radius 1 is 1.33 bits per heavy atom. The molecular formula is C11H16N2O2. The van der Waals surface area contributed by atoms with Crippen molar-refractivity contribution >= 4 is 5.91 Å². The van der Waals surface area contributed by atoms with Crippen molar-refractivity contribution in [1.29, 1.82) is 0 Å². The summed E-state index contributed by atoms with van der Waals surface area (Å²) >= 11 is 0. The summed E-state index contributed by atoms with van der Waals surface area (Å²) in [6, 6.07) is 9.69. The number of carbonyl (C=O) groups is 1. The Morgan fingerprint density at radius 3 is 2.73 bits per heavy atom. The number of carbonyl (C=O) groups excluding carboxylic acids is 1. The lowest BCUT2D eigenvalue weighted by atomic mass is 10.2. The Morgan fingerprint density at radius 2 is 2.07 bits per heavy atom. The first-order valence-corrected chi connectivity index (χ1v) is 4.92. The lowest BCUT2D eigenvalue weighted by Gasteiger charge is -2.05. The van der Waals surface area contributed by atoms with Gasteiger partial charge < -0.3 is 5.32 Å². The van der Waals surface area contributed by atoms with Crippen LogP contribution in [0.15, 0.2) is 30.3 Å². The molecule has 0 heterocycles. The fraction of sp³-hybridized carbons (Fsp3) is 0.364. The molecule has 0 aromatic heterocycles. The van der Waals surface area contributed by atoms with Crippen LogP contribution >= 0.6 is 0 Å². The minimum absolute atomic E-state index is 0.111. The maximum Gasteiger partial charge on any atom is 0.244 e. The Balaban J connectivity index is 2.14. The number of hydroxylamine groups is 1. The molecule has 0 saturated carbocycles. The summed E-state index contributed by atoms with van der Waals surface area (Å²) < 4.78 is 0. The molecular weight excluding hydrogens is 192 g/mol. The van der Waals surface area contributed by atoms with Crippen molar-refractivity contribution in [3.63, 3.8) is 0 Å². The number of hydrogen-bond donors (Lipinski definition) is 2. The number of amides is 1. The molecule has 4 heteroatoms. The molecule has 0 bridgehead atoms. The Labute approximate surface area is 89.6 Å². The van der Waals surface area contributed by atoms with Gasteiger partial charge >= 0.3 is 0 Å². The molecule has 1 rings (SSSR count). The predicted octanol–water partition coefficient (Wildman–Crippen LogP) is 0.844. The van der Waals surface area contributed by atoms with Crippen LogP contribution < -0.4 is 10.8 Å². The van der Waals surface area contributed by atoms with Crippen molar-refractivity contribution in [2.45, 2.75) is 13.0 Å². The predicted molar refractivity (Wildman–Crippen MR) is 57.9 cm³/mol. The highest BCUT2D eigenvalue weighted by molar-refractivity contribution is 5.74. The summed E-state index contributed by atoms with van der Waals surface area (Å²) in [6.45, 7) is 1.05. The Hall–Kier alpha value is -1.39. The van der Waals surface area contributed by atoms with Gasteiger partial charge in [0.15, 0.2) is 0 Å². The minimum Gasteiger partial charge on any atom is -0.319 e. The van der Waals surface area contributed by atoms with Crippen LogP contribution in [0.5, 0.6) is 0 Å². The fourth-order valence-electron chi connectivity index (χ4n) is 1.06. The van der Waals surface area contributed by atoms with Crippen LogP contribution in [0.4, 0.5) is 0 Å². The van der Waals surface area contributed by atoms with E-state index >= 15 is 0 Å². The highest BCUT2D eigenvalue weighted by Crippen LogP contribution is 1.98. The van der Waals surface area contributed by atoms with E-state index in [1.807, 2.05) is 30.3 Å². The summed E-state index contributed by atoms with van der Waals surface area (Å²) in [5.74, 6) is -0.111. The average Bonchev–Trinajstić information content (AvgIpc) is 2.28. The van der Waals surface area contributed by atoms with Gasteiger partial charge in [0, 0.05) is 13.0 Å². The van der Waals surface area contributed by atoms with Gasteiger partial charge in [-0.05, 0) is 12.6 Å². The fourth-order valence-corrected chi connectivity index (χ4v) is 1.06. The summed E-state index contributed by atoms with van der Waals surface area (Å²) in [7, 11) is 1.80. The quantitative estimate of drug-likeness (QED) is 0.681. The number of rotatable bonds is 6. The van der Waals surface area contributed by atoms with E-state index < -0.39 is 0 Å². The van der Waals surface area contributed by atoms with E-state index in [1.165, 1.54) is 0 Å². The number of nitrogens with one attached hydrogen (secondary N) is 2. The highest BCUT2D eigenvalue weighted by Gasteiger charge is 1.99. The topological polar surface area (TPSA) is 50.4 Å². The molecule has 0 spiro atoms. The molecule has 0 unspecified atom stereocenters. The largest absolute Gasteiger partial charge is 0.319 e. The van der Waals surface area contributed by atoms with Gasteiger partial charge in [0.2, 0.25) is 5.91 Å². The van der Waals surface area contributed by atoms with E-state index in [2.05, 4.69) is 10.8 Å². The zero-order valence-corrected chi connectivity index (χ0v) is 8.82. The van der Waals surface area contributed by atoms with E-state index in [0.29, 0.717) is 19.6 Å². The first-order valence-electron chi connectivity index (χ1n) is 4.92. The molecule has 0 aliphatic carbocycles. The van der Waals surface area contributed by atoms with Crippen molar-refractivity contribution < 1.29 is 9.63 Å². The van der Waals surface area contributed by atoms with E-state index in [4.69, 9.17) is 4.84 Å². The molecule has 0 fully saturated rings. The van der Waals surface area contributed by atoms with Gasteiger partial charge in [0.05, 0.1) is 6.61 Å². The standard InChI is InChI=1S/C11H16N2O2/c1-12-8-7-11(14)13-15-9-10-5-3-2-4-6-10/h2-6,12H,7-9H2,1H3,(H,13,14). The van der Waals surface area contributed by atoms with Crippen LogP contribution in [0.1, 0.15) is 12.0 Å². The van der Waals surface area contributed by atoms with Gasteiger partial charge in [-0.15, -0.1) is 0 Å². The van der Waals surface area contributed by atoms with Crippen LogP contribution in [0, 0.1) is 0 Å². The summed E-state index contributed by atoms with van der Waals surface area (Å²) in [4.78, 5) is 16.2. The van der Waals surface area contributed by atoms with Gasteiger partial charge in [0.25, 0.3) is 0 Å². The maximum absolute atomic E-state index is 11.1. The third-order valence-electron chi connectivity index (χ3n) is 1.87. The maximum atomic E-state index is 11.1. The van der Waals surface area contributed by atoms with E-state index in [0.717, 1.165) is 5.56 Å². The zero-order chi connectivity index (χ0) is 10.9. The SMILES string of the molecule is CNCCC(=O)NOCc1ccccc1.